The molecule has 3 heterocycles. The van der Waals surface area contributed by atoms with Crippen LogP contribution in [0.4, 0.5) is 18.4 Å². The van der Waals surface area contributed by atoms with Crippen LogP contribution >= 0.6 is 0 Å². The third-order valence-corrected chi connectivity index (χ3v) is 6.11. The summed E-state index contributed by atoms with van der Waals surface area (Å²) in [5, 5.41) is 5.43. The van der Waals surface area contributed by atoms with Crippen molar-refractivity contribution in [3.05, 3.63) is 95.6 Å². The molecule has 0 saturated heterocycles. The molecule has 1 aromatic carbocycles. The lowest BCUT2D eigenvalue weighted by atomic mass is 9.95. The normalized spacial score (nSPS) is 15.5. The zero-order chi connectivity index (χ0) is 26.4. The first kappa shape index (κ1) is 25.9. The van der Waals surface area contributed by atoms with Gasteiger partial charge in [0.25, 0.3) is 0 Å². The summed E-state index contributed by atoms with van der Waals surface area (Å²) in [5.74, 6) is -2.07. The number of amides is 4. The van der Waals surface area contributed by atoms with Gasteiger partial charge in [0, 0.05) is 49.7 Å². The third kappa shape index (κ3) is 5.97. The molecule has 192 valence electrons. The van der Waals surface area contributed by atoms with Crippen LogP contribution in [0.5, 0.6) is 0 Å². The van der Waals surface area contributed by atoms with Crippen molar-refractivity contribution in [3.8, 4) is 11.3 Å². The number of methoxy groups -OCH3 is 1. The third-order valence-electron chi connectivity index (χ3n) is 6.11. The molecule has 0 bridgehead atoms. The number of halogens is 2. The average Bonchev–Trinajstić information content (AvgIpc) is 2.91. The lowest BCUT2D eigenvalue weighted by Gasteiger charge is -2.36. The quantitative estimate of drug-likeness (QED) is 0.354. The van der Waals surface area contributed by atoms with Crippen molar-refractivity contribution in [3.63, 3.8) is 0 Å². The Hall–Kier alpha value is -4.18. The molecule has 10 heteroatoms. The summed E-state index contributed by atoms with van der Waals surface area (Å²) in [7, 11) is 1.47. The summed E-state index contributed by atoms with van der Waals surface area (Å²) in [4.78, 5) is 31.3. The maximum atomic E-state index is 14.0. The second-order valence-corrected chi connectivity index (χ2v) is 8.60. The predicted molar refractivity (Wildman–Crippen MR) is 132 cm³/mol. The van der Waals surface area contributed by atoms with E-state index in [4.69, 9.17) is 4.74 Å². The molecule has 0 aliphatic carbocycles. The van der Waals surface area contributed by atoms with Crippen LogP contribution in [0.2, 0.25) is 0 Å². The maximum absolute atomic E-state index is 14.0. The van der Waals surface area contributed by atoms with E-state index in [0.717, 1.165) is 28.3 Å². The average molecular weight is 509 g/mol. The number of carbonyl (C=O) groups excluding carboxylic acids is 2. The van der Waals surface area contributed by atoms with Crippen molar-refractivity contribution < 1.29 is 27.7 Å². The fraction of sp³-hybridized carbons (Fsp3) is 0.259. The molecule has 2 N–H and O–H groups in total. The summed E-state index contributed by atoms with van der Waals surface area (Å²) < 4.78 is 34.7. The van der Waals surface area contributed by atoms with Gasteiger partial charge in [-0.25, -0.2) is 27.8 Å². The molecule has 4 amide bonds. The number of imide groups is 1. The standard InChI is InChI=1S/C27H27F2N5O3/c1-18-24(17-37-2)32-27(36)34(25(18)20-7-8-21(28)22(29)16-20)26(35)31-12-5-13-33-14-9-19(10-15-33)23-6-3-4-11-30-23/h3-4,6-11,14-16,25H,5,12-13,17H2,1-2H3,(H-,31,32,35,36)/p+1. The molecule has 1 aliphatic rings. The van der Waals surface area contributed by atoms with Crippen LogP contribution in [-0.4, -0.2) is 42.2 Å². The molecule has 0 spiro atoms. The van der Waals surface area contributed by atoms with Gasteiger partial charge in [-0.05, 0) is 42.3 Å². The van der Waals surface area contributed by atoms with Crippen molar-refractivity contribution in [2.45, 2.75) is 25.9 Å². The van der Waals surface area contributed by atoms with E-state index in [0.29, 0.717) is 30.8 Å². The summed E-state index contributed by atoms with van der Waals surface area (Å²) in [6.07, 6.45) is 6.23. The van der Waals surface area contributed by atoms with Crippen molar-refractivity contribution in [1.29, 1.82) is 0 Å². The van der Waals surface area contributed by atoms with Crippen LogP contribution in [0.15, 0.2) is 78.4 Å². The van der Waals surface area contributed by atoms with Gasteiger partial charge < -0.3 is 15.4 Å². The second kappa shape index (κ2) is 11.7. The van der Waals surface area contributed by atoms with Gasteiger partial charge >= 0.3 is 12.1 Å². The SMILES string of the molecule is COCC1=C(C)C(c2ccc(F)c(F)c2)N(C(=O)NCCC[n+]2ccc(-c3ccccn3)cc2)C(=O)N1. The monoisotopic (exact) mass is 508 g/mol. The molecule has 2 aromatic heterocycles. The van der Waals surface area contributed by atoms with Gasteiger partial charge in [0.05, 0.1) is 18.3 Å². The maximum Gasteiger partial charge on any atom is 0.330 e. The molecule has 4 rings (SSSR count). The Bertz CT molecular complexity index is 1300. The zero-order valence-electron chi connectivity index (χ0n) is 20.6. The fourth-order valence-corrected chi connectivity index (χ4v) is 4.20. The van der Waals surface area contributed by atoms with E-state index in [1.807, 2.05) is 47.3 Å². The van der Waals surface area contributed by atoms with Crippen molar-refractivity contribution in [1.82, 2.24) is 20.5 Å². The Balaban J connectivity index is 1.42. The number of nitrogens with zero attached hydrogens (tertiary/aromatic N) is 3. The van der Waals surface area contributed by atoms with Crippen LogP contribution in [0.25, 0.3) is 11.3 Å². The van der Waals surface area contributed by atoms with Crippen LogP contribution in [0, 0.1) is 11.6 Å². The molecular weight excluding hydrogens is 480 g/mol. The molecule has 3 aromatic rings. The van der Waals surface area contributed by atoms with E-state index >= 15 is 0 Å². The fourth-order valence-electron chi connectivity index (χ4n) is 4.20. The Morgan fingerprint density at radius 1 is 1.16 bits per heavy atom. The molecule has 0 radical (unpaired) electrons. The summed E-state index contributed by atoms with van der Waals surface area (Å²) in [5.41, 5.74) is 3.22. The second-order valence-electron chi connectivity index (χ2n) is 8.60. The van der Waals surface area contributed by atoms with Crippen molar-refractivity contribution >= 4 is 12.1 Å². The molecule has 1 unspecified atom stereocenters. The lowest BCUT2D eigenvalue weighted by Crippen LogP contribution is -2.54. The van der Waals surface area contributed by atoms with Crippen molar-refractivity contribution in [2.24, 2.45) is 0 Å². The van der Waals surface area contributed by atoms with E-state index in [1.165, 1.54) is 13.2 Å². The van der Waals surface area contributed by atoms with Crippen LogP contribution < -0.4 is 15.2 Å². The largest absolute Gasteiger partial charge is 0.378 e. The Labute approximate surface area is 213 Å². The highest BCUT2D eigenvalue weighted by Crippen LogP contribution is 2.34. The minimum Gasteiger partial charge on any atom is -0.378 e. The first-order chi connectivity index (χ1) is 17.9. The number of hydrogen-bond acceptors (Lipinski definition) is 4. The Kier molecular flexibility index (Phi) is 8.19. The van der Waals surface area contributed by atoms with E-state index < -0.39 is 29.7 Å². The number of aryl methyl sites for hydroxylation is 1. The first-order valence-corrected chi connectivity index (χ1v) is 11.8. The molecule has 1 aliphatic heterocycles. The highest BCUT2D eigenvalue weighted by atomic mass is 19.2. The van der Waals surface area contributed by atoms with Gasteiger partial charge in [0.1, 0.15) is 6.54 Å². The molecule has 0 saturated carbocycles. The zero-order valence-corrected chi connectivity index (χ0v) is 20.6. The smallest absolute Gasteiger partial charge is 0.330 e. The van der Waals surface area contributed by atoms with E-state index in [9.17, 15) is 18.4 Å². The minimum absolute atomic E-state index is 0.101. The number of aromatic nitrogens is 2. The summed E-state index contributed by atoms with van der Waals surface area (Å²) in [6.45, 7) is 2.75. The van der Waals surface area contributed by atoms with Gasteiger partial charge in [-0.2, -0.15) is 0 Å². The molecular formula is C27H28F2N5O3+. The first-order valence-electron chi connectivity index (χ1n) is 11.8. The molecule has 37 heavy (non-hydrogen) atoms. The van der Waals surface area contributed by atoms with Gasteiger partial charge in [-0.3, -0.25) is 4.98 Å². The number of benzene rings is 1. The summed E-state index contributed by atoms with van der Waals surface area (Å²) in [6, 6.07) is 10.8. The number of urea groups is 2. The number of ether oxygens (including phenoxy) is 1. The highest BCUT2D eigenvalue weighted by molar-refractivity contribution is 5.96. The Morgan fingerprint density at radius 3 is 2.62 bits per heavy atom. The van der Waals surface area contributed by atoms with E-state index in [-0.39, 0.29) is 12.2 Å². The lowest BCUT2D eigenvalue weighted by molar-refractivity contribution is -0.697. The van der Waals surface area contributed by atoms with Gasteiger partial charge in [-0.1, -0.05) is 12.1 Å². The Morgan fingerprint density at radius 2 is 1.95 bits per heavy atom. The van der Waals surface area contributed by atoms with Crippen LogP contribution in [-0.2, 0) is 11.3 Å². The van der Waals surface area contributed by atoms with Gasteiger partial charge in [-0.15, -0.1) is 0 Å². The number of carbonyl (C=O) groups is 2. The summed E-state index contributed by atoms with van der Waals surface area (Å²) >= 11 is 0. The predicted octanol–water partition coefficient (Wildman–Crippen LogP) is 4.10. The van der Waals surface area contributed by atoms with Crippen molar-refractivity contribution in [2.75, 3.05) is 20.3 Å². The topological polar surface area (TPSA) is 87.4 Å². The van der Waals surface area contributed by atoms with E-state index in [1.54, 1.807) is 13.1 Å². The number of hydrogen-bond donors (Lipinski definition) is 2. The molecule has 1 atom stereocenters. The molecule has 8 nitrogen and oxygen atoms in total. The molecule has 0 fully saturated rings. The van der Waals surface area contributed by atoms with Gasteiger partial charge in [0.2, 0.25) is 0 Å². The van der Waals surface area contributed by atoms with Crippen LogP contribution in [0.1, 0.15) is 24.9 Å². The minimum atomic E-state index is -1.06. The number of rotatable bonds is 8. The number of nitrogens with one attached hydrogen (secondary N) is 2. The van der Waals surface area contributed by atoms with Crippen LogP contribution in [0.3, 0.4) is 0 Å². The number of pyridine rings is 2. The highest BCUT2D eigenvalue weighted by Gasteiger charge is 2.38. The van der Waals surface area contributed by atoms with E-state index in [2.05, 4.69) is 15.6 Å². The van der Waals surface area contributed by atoms with Gasteiger partial charge in [0.15, 0.2) is 24.0 Å².